The molecule has 1 heterocycles. The number of Topliss-reactive ketones (excluding diaryl/α,β-unsaturated/α-hetero) is 1. The van der Waals surface area contributed by atoms with Crippen LogP contribution in [0.1, 0.15) is 29.3 Å². The Morgan fingerprint density at radius 3 is 2.52 bits per heavy atom. The summed E-state index contributed by atoms with van der Waals surface area (Å²) in [4.78, 5) is 12.7. The molecule has 5 heteroatoms. The van der Waals surface area contributed by atoms with Crippen LogP contribution in [0.15, 0.2) is 42.5 Å². The monoisotopic (exact) mass is 332 g/mol. The SMILES string of the molecule is C[B]c1ccc(C(=O)Cn2c(=N)n(C)c3c(CCC)cccc32)cc1. The van der Waals surface area contributed by atoms with Gasteiger partial charge in [0.1, 0.15) is 7.28 Å². The lowest BCUT2D eigenvalue weighted by Crippen LogP contribution is -2.26. The number of rotatable bonds is 6. The zero-order valence-corrected chi connectivity index (χ0v) is 15.0. The quantitative estimate of drug-likeness (QED) is 0.548. The summed E-state index contributed by atoms with van der Waals surface area (Å²) in [5, 5.41) is 8.44. The number of nitrogens with zero attached hydrogens (tertiary/aromatic N) is 2. The molecule has 0 atom stereocenters. The molecule has 0 aliphatic carbocycles. The molecule has 1 aromatic heterocycles. The average molecular weight is 332 g/mol. The van der Waals surface area contributed by atoms with Gasteiger partial charge in [0.15, 0.2) is 5.78 Å². The van der Waals surface area contributed by atoms with Gasteiger partial charge in [0, 0.05) is 12.6 Å². The molecule has 0 fully saturated rings. The number of benzene rings is 2. The standard InChI is InChI=1S/C20H23BN3O/c1-4-6-15-7-5-8-17-19(15)23(3)20(22)24(17)13-18(25)14-9-11-16(21-2)12-10-14/h5,7-12,22H,4,6,13H2,1-3H3. The van der Waals surface area contributed by atoms with E-state index in [1.54, 1.807) is 4.57 Å². The summed E-state index contributed by atoms with van der Waals surface area (Å²) in [5.74, 6) is 0.0227. The third-order valence-corrected chi connectivity index (χ3v) is 4.68. The van der Waals surface area contributed by atoms with Gasteiger partial charge in [-0.25, -0.2) is 0 Å². The van der Waals surface area contributed by atoms with Gasteiger partial charge in [0.05, 0.1) is 17.6 Å². The molecule has 1 N–H and O–H groups in total. The largest absolute Gasteiger partial charge is 0.313 e. The Balaban J connectivity index is 2.01. The lowest BCUT2D eigenvalue weighted by molar-refractivity contribution is 0.0971. The summed E-state index contributed by atoms with van der Waals surface area (Å²) >= 11 is 0. The van der Waals surface area contributed by atoms with E-state index in [4.69, 9.17) is 5.41 Å². The fourth-order valence-electron chi connectivity index (χ4n) is 3.31. The van der Waals surface area contributed by atoms with Gasteiger partial charge in [0.25, 0.3) is 0 Å². The Kier molecular flexibility index (Phi) is 4.93. The van der Waals surface area contributed by atoms with Crippen molar-refractivity contribution in [2.45, 2.75) is 33.1 Å². The maximum atomic E-state index is 12.7. The first-order valence-corrected chi connectivity index (χ1v) is 8.71. The van der Waals surface area contributed by atoms with Gasteiger partial charge in [0.2, 0.25) is 5.62 Å². The number of ketones is 1. The van der Waals surface area contributed by atoms with Gasteiger partial charge < -0.3 is 9.13 Å². The molecule has 127 valence electrons. The van der Waals surface area contributed by atoms with Crippen molar-refractivity contribution >= 4 is 29.6 Å². The molecular formula is C20H23BN3O. The zero-order chi connectivity index (χ0) is 18.0. The Bertz CT molecular complexity index is 967. The number of aryl methyl sites for hydroxylation is 2. The van der Waals surface area contributed by atoms with E-state index in [1.165, 1.54) is 5.56 Å². The fourth-order valence-corrected chi connectivity index (χ4v) is 3.31. The molecule has 3 rings (SSSR count). The highest BCUT2D eigenvalue weighted by atomic mass is 16.1. The number of aromatic nitrogens is 2. The number of imidazole rings is 1. The van der Waals surface area contributed by atoms with Crippen molar-refractivity contribution in [3.8, 4) is 0 Å². The Morgan fingerprint density at radius 1 is 1.16 bits per heavy atom. The minimum atomic E-state index is 0.0227. The Morgan fingerprint density at radius 2 is 1.88 bits per heavy atom. The second kappa shape index (κ2) is 7.13. The first-order chi connectivity index (χ1) is 12.1. The number of carbonyl (C=O) groups excluding carboxylic acids is 1. The van der Waals surface area contributed by atoms with Crippen LogP contribution in [-0.2, 0) is 20.0 Å². The van der Waals surface area contributed by atoms with Gasteiger partial charge in [-0.2, -0.15) is 0 Å². The van der Waals surface area contributed by atoms with Crippen molar-refractivity contribution in [1.82, 2.24) is 9.13 Å². The number of hydrogen-bond acceptors (Lipinski definition) is 2. The van der Waals surface area contributed by atoms with Crippen LogP contribution in [-0.4, -0.2) is 22.2 Å². The van der Waals surface area contributed by atoms with Crippen molar-refractivity contribution < 1.29 is 4.79 Å². The van der Waals surface area contributed by atoms with E-state index >= 15 is 0 Å². The molecule has 3 aromatic rings. The fraction of sp³-hybridized carbons (Fsp3) is 0.300. The molecular weight excluding hydrogens is 309 g/mol. The van der Waals surface area contributed by atoms with E-state index in [0.717, 1.165) is 29.3 Å². The van der Waals surface area contributed by atoms with Crippen LogP contribution in [0.5, 0.6) is 0 Å². The van der Waals surface area contributed by atoms with Crippen LogP contribution < -0.4 is 11.1 Å². The van der Waals surface area contributed by atoms with Crippen LogP contribution in [0.2, 0.25) is 6.82 Å². The third kappa shape index (κ3) is 3.19. The molecule has 0 aliphatic rings. The summed E-state index contributed by atoms with van der Waals surface area (Å²) in [6.45, 7) is 4.31. The Hall–Kier alpha value is -2.56. The molecule has 2 aromatic carbocycles. The zero-order valence-electron chi connectivity index (χ0n) is 15.0. The second-order valence-electron chi connectivity index (χ2n) is 6.34. The van der Waals surface area contributed by atoms with E-state index in [-0.39, 0.29) is 12.3 Å². The summed E-state index contributed by atoms with van der Waals surface area (Å²) in [6, 6.07) is 13.7. The van der Waals surface area contributed by atoms with Crippen LogP contribution in [0.25, 0.3) is 11.0 Å². The van der Waals surface area contributed by atoms with Gasteiger partial charge in [-0.1, -0.05) is 62.0 Å². The van der Waals surface area contributed by atoms with Gasteiger partial charge in [-0.15, -0.1) is 0 Å². The molecule has 1 radical (unpaired) electrons. The van der Waals surface area contributed by atoms with E-state index in [9.17, 15) is 4.79 Å². The minimum Gasteiger partial charge on any atom is -0.313 e. The predicted octanol–water partition coefficient (Wildman–Crippen LogP) is 2.67. The first kappa shape index (κ1) is 17.3. The molecule has 25 heavy (non-hydrogen) atoms. The lowest BCUT2D eigenvalue weighted by atomic mass is 9.73. The van der Waals surface area contributed by atoms with Crippen molar-refractivity contribution in [1.29, 1.82) is 5.41 Å². The summed E-state index contributed by atoms with van der Waals surface area (Å²) < 4.78 is 3.68. The maximum absolute atomic E-state index is 12.7. The maximum Gasteiger partial charge on any atom is 0.203 e. The highest BCUT2D eigenvalue weighted by Crippen LogP contribution is 2.19. The molecule has 0 saturated heterocycles. The Labute approximate surface area is 148 Å². The molecule has 0 unspecified atom stereocenters. The molecule has 0 spiro atoms. The van der Waals surface area contributed by atoms with Gasteiger partial charge in [-0.05, 0) is 18.1 Å². The van der Waals surface area contributed by atoms with Crippen molar-refractivity contribution in [3.05, 3.63) is 59.2 Å². The molecule has 0 aliphatic heterocycles. The van der Waals surface area contributed by atoms with Crippen molar-refractivity contribution in [2.75, 3.05) is 0 Å². The smallest absolute Gasteiger partial charge is 0.203 e. The topological polar surface area (TPSA) is 50.8 Å². The highest BCUT2D eigenvalue weighted by molar-refractivity contribution is 6.51. The summed E-state index contributed by atoms with van der Waals surface area (Å²) in [6.07, 6.45) is 2.02. The predicted molar refractivity (Wildman–Crippen MR) is 103 cm³/mol. The van der Waals surface area contributed by atoms with Gasteiger partial charge in [-0.3, -0.25) is 10.2 Å². The van der Waals surface area contributed by atoms with Crippen molar-refractivity contribution in [2.24, 2.45) is 7.05 Å². The average Bonchev–Trinajstić information content (AvgIpc) is 2.88. The number of hydrogen-bond donors (Lipinski definition) is 1. The summed E-state index contributed by atoms with van der Waals surface area (Å²) in [5.41, 5.74) is 5.36. The molecule has 0 saturated carbocycles. The van der Waals surface area contributed by atoms with Crippen LogP contribution in [0.4, 0.5) is 0 Å². The van der Waals surface area contributed by atoms with Gasteiger partial charge >= 0.3 is 0 Å². The highest BCUT2D eigenvalue weighted by Gasteiger charge is 2.15. The van der Waals surface area contributed by atoms with E-state index in [1.807, 2.05) is 62.1 Å². The third-order valence-electron chi connectivity index (χ3n) is 4.68. The van der Waals surface area contributed by atoms with E-state index in [0.29, 0.717) is 11.2 Å². The number of para-hydroxylation sites is 1. The van der Waals surface area contributed by atoms with Crippen LogP contribution >= 0.6 is 0 Å². The van der Waals surface area contributed by atoms with E-state index < -0.39 is 0 Å². The molecule has 0 bridgehead atoms. The number of nitrogens with one attached hydrogen (secondary N) is 1. The van der Waals surface area contributed by atoms with E-state index in [2.05, 4.69) is 13.0 Å². The summed E-state index contributed by atoms with van der Waals surface area (Å²) in [7, 11) is 3.90. The number of carbonyl (C=O) groups is 1. The van der Waals surface area contributed by atoms with Crippen LogP contribution in [0.3, 0.4) is 0 Å². The minimum absolute atomic E-state index is 0.0227. The normalized spacial score (nSPS) is 11.0. The van der Waals surface area contributed by atoms with Crippen molar-refractivity contribution in [3.63, 3.8) is 0 Å². The first-order valence-electron chi connectivity index (χ1n) is 8.71. The number of fused-ring (bicyclic) bond motifs is 1. The lowest BCUT2D eigenvalue weighted by Gasteiger charge is -2.06. The van der Waals surface area contributed by atoms with Crippen LogP contribution in [0, 0.1) is 5.41 Å². The molecule has 4 nitrogen and oxygen atoms in total. The molecule has 0 amide bonds. The second-order valence-corrected chi connectivity index (χ2v) is 6.34.